The molecule has 18 heavy (non-hydrogen) atoms. The summed E-state index contributed by atoms with van der Waals surface area (Å²) in [7, 11) is 0. The number of nitrogens with zero attached hydrogens (tertiary/aromatic N) is 3. The predicted molar refractivity (Wildman–Crippen MR) is 72.8 cm³/mol. The minimum absolute atomic E-state index is 0.341. The van der Waals surface area contributed by atoms with Crippen LogP contribution >= 0.6 is 0 Å². The molecule has 1 aliphatic rings. The first-order chi connectivity index (χ1) is 8.74. The maximum atomic E-state index is 4.52. The molecule has 2 N–H and O–H groups in total. The number of aromatic nitrogens is 3. The molecule has 0 radical (unpaired) electrons. The van der Waals surface area contributed by atoms with Gasteiger partial charge in [-0.25, -0.2) is 9.67 Å². The van der Waals surface area contributed by atoms with Crippen molar-refractivity contribution in [3.8, 4) is 0 Å². The van der Waals surface area contributed by atoms with Crippen molar-refractivity contribution in [2.75, 3.05) is 18.4 Å². The van der Waals surface area contributed by atoms with Gasteiger partial charge in [0.25, 0.3) is 0 Å². The van der Waals surface area contributed by atoms with Gasteiger partial charge in [0.15, 0.2) is 5.65 Å². The van der Waals surface area contributed by atoms with Gasteiger partial charge in [-0.2, -0.15) is 5.10 Å². The highest BCUT2D eigenvalue weighted by molar-refractivity contribution is 5.78. The second kappa shape index (κ2) is 4.57. The molecule has 1 fully saturated rings. The van der Waals surface area contributed by atoms with E-state index < -0.39 is 0 Å². The van der Waals surface area contributed by atoms with Crippen LogP contribution in [-0.4, -0.2) is 33.9 Å². The minimum Gasteiger partial charge on any atom is -0.380 e. The first-order valence-corrected chi connectivity index (χ1v) is 6.54. The van der Waals surface area contributed by atoms with Crippen molar-refractivity contribution in [3.63, 3.8) is 0 Å². The smallest absolute Gasteiger partial charge is 0.158 e. The van der Waals surface area contributed by atoms with Crippen LogP contribution in [-0.2, 0) is 0 Å². The van der Waals surface area contributed by atoms with E-state index in [1.165, 1.54) is 6.42 Å². The molecule has 1 atom stereocenters. The van der Waals surface area contributed by atoms with Crippen molar-refractivity contribution in [1.29, 1.82) is 0 Å². The van der Waals surface area contributed by atoms with Gasteiger partial charge in [-0.15, -0.1) is 0 Å². The van der Waals surface area contributed by atoms with Gasteiger partial charge in [0.1, 0.15) is 0 Å². The quantitative estimate of drug-likeness (QED) is 0.865. The van der Waals surface area contributed by atoms with Crippen LogP contribution < -0.4 is 10.6 Å². The molecule has 3 heterocycles. The Morgan fingerprint density at radius 3 is 3.06 bits per heavy atom. The highest BCUT2D eigenvalue weighted by atomic mass is 15.3. The van der Waals surface area contributed by atoms with Crippen LogP contribution in [0.25, 0.3) is 11.0 Å². The topological polar surface area (TPSA) is 54.8 Å². The summed E-state index contributed by atoms with van der Waals surface area (Å²) in [5.41, 5.74) is 2.04. The van der Waals surface area contributed by atoms with Gasteiger partial charge in [0, 0.05) is 24.0 Å². The summed E-state index contributed by atoms with van der Waals surface area (Å²) in [6.45, 7) is 6.36. The van der Waals surface area contributed by atoms with Crippen LogP contribution in [0.2, 0.25) is 0 Å². The summed E-state index contributed by atoms with van der Waals surface area (Å²) in [5.74, 6) is 0. The second-order valence-corrected chi connectivity index (χ2v) is 5.15. The van der Waals surface area contributed by atoms with Gasteiger partial charge in [-0.1, -0.05) is 0 Å². The number of hydrogen-bond acceptors (Lipinski definition) is 4. The zero-order valence-corrected chi connectivity index (χ0v) is 10.8. The zero-order valence-electron chi connectivity index (χ0n) is 10.8. The lowest BCUT2D eigenvalue weighted by atomic mass is 10.2. The Kier molecular flexibility index (Phi) is 2.91. The fraction of sp³-hybridized carbons (Fsp3) is 0.538. The Morgan fingerprint density at radius 2 is 2.33 bits per heavy atom. The lowest BCUT2D eigenvalue weighted by Gasteiger charge is -2.12. The first-order valence-electron chi connectivity index (χ1n) is 6.54. The molecule has 0 bridgehead atoms. The second-order valence-electron chi connectivity index (χ2n) is 5.15. The van der Waals surface area contributed by atoms with E-state index in [9.17, 15) is 0 Å². The van der Waals surface area contributed by atoms with Crippen LogP contribution in [0.1, 0.15) is 26.3 Å². The third-order valence-electron chi connectivity index (χ3n) is 3.35. The molecule has 1 unspecified atom stereocenters. The Hall–Kier alpha value is -1.62. The molecule has 0 aromatic carbocycles. The molecule has 2 aromatic rings. The van der Waals surface area contributed by atoms with Crippen molar-refractivity contribution in [2.45, 2.75) is 32.4 Å². The molecule has 0 spiro atoms. The van der Waals surface area contributed by atoms with Gasteiger partial charge in [-0.05, 0) is 32.9 Å². The van der Waals surface area contributed by atoms with E-state index in [2.05, 4.69) is 40.6 Å². The molecular weight excluding hydrogens is 226 g/mol. The molecule has 1 saturated heterocycles. The van der Waals surface area contributed by atoms with Crippen molar-refractivity contribution >= 4 is 16.7 Å². The number of hydrogen-bond donors (Lipinski definition) is 2. The molecule has 0 aliphatic carbocycles. The van der Waals surface area contributed by atoms with Crippen molar-refractivity contribution in [1.82, 2.24) is 20.1 Å². The molecule has 5 nitrogen and oxygen atoms in total. The SMILES string of the molecule is CC(C)n1ncc2cc(NC3CCNC3)cnc21. The number of fused-ring (bicyclic) bond motifs is 1. The highest BCUT2D eigenvalue weighted by Crippen LogP contribution is 2.20. The van der Waals surface area contributed by atoms with Gasteiger partial charge in [0.05, 0.1) is 18.1 Å². The van der Waals surface area contributed by atoms with Crippen LogP contribution in [0.15, 0.2) is 18.5 Å². The minimum atomic E-state index is 0.341. The van der Waals surface area contributed by atoms with Gasteiger partial charge < -0.3 is 10.6 Å². The summed E-state index contributed by atoms with van der Waals surface area (Å²) < 4.78 is 1.95. The van der Waals surface area contributed by atoms with E-state index in [1.54, 1.807) is 0 Å². The Balaban J connectivity index is 1.87. The number of nitrogens with one attached hydrogen (secondary N) is 2. The highest BCUT2D eigenvalue weighted by Gasteiger charge is 2.14. The summed E-state index contributed by atoms with van der Waals surface area (Å²) >= 11 is 0. The molecule has 0 saturated carbocycles. The summed E-state index contributed by atoms with van der Waals surface area (Å²) in [5, 5.41) is 12.3. The predicted octanol–water partition coefficient (Wildman–Crippen LogP) is 1.79. The standard InChI is InChI=1S/C13H19N5/c1-9(2)18-13-10(6-16-18)5-12(8-15-13)17-11-3-4-14-7-11/h5-6,8-9,11,14,17H,3-4,7H2,1-2H3. The third-order valence-corrected chi connectivity index (χ3v) is 3.35. The van der Waals surface area contributed by atoms with E-state index in [4.69, 9.17) is 0 Å². The van der Waals surface area contributed by atoms with Crippen molar-refractivity contribution in [2.24, 2.45) is 0 Å². The largest absolute Gasteiger partial charge is 0.380 e. The van der Waals surface area contributed by atoms with E-state index in [-0.39, 0.29) is 0 Å². The van der Waals surface area contributed by atoms with E-state index >= 15 is 0 Å². The Bertz CT molecular complexity index is 539. The van der Waals surface area contributed by atoms with E-state index in [0.29, 0.717) is 12.1 Å². The van der Waals surface area contributed by atoms with Crippen molar-refractivity contribution < 1.29 is 0 Å². The summed E-state index contributed by atoms with van der Waals surface area (Å²) in [4.78, 5) is 4.52. The van der Waals surface area contributed by atoms with Gasteiger partial charge in [-0.3, -0.25) is 0 Å². The van der Waals surface area contributed by atoms with E-state index in [0.717, 1.165) is 29.8 Å². The number of anilines is 1. The Morgan fingerprint density at radius 1 is 1.44 bits per heavy atom. The summed E-state index contributed by atoms with van der Waals surface area (Å²) in [6.07, 6.45) is 4.96. The van der Waals surface area contributed by atoms with Gasteiger partial charge in [0.2, 0.25) is 0 Å². The maximum Gasteiger partial charge on any atom is 0.158 e. The average molecular weight is 245 g/mol. The summed E-state index contributed by atoms with van der Waals surface area (Å²) in [6, 6.07) is 2.99. The molecule has 96 valence electrons. The van der Waals surface area contributed by atoms with Crippen LogP contribution in [0.4, 0.5) is 5.69 Å². The first kappa shape index (κ1) is 11.5. The lowest BCUT2D eigenvalue weighted by Crippen LogP contribution is -2.22. The monoisotopic (exact) mass is 245 g/mol. The molecule has 3 rings (SSSR count). The average Bonchev–Trinajstić information content (AvgIpc) is 2.97. The molecule has 2 aromatic heterocycles. The Labute approximate surface area is 107 Å². The molecule has 0 amide bonds. The fourth-order valence-electron chi connectivity index (χ4n) is 2.41. The van der Waals surface area contributed by atoms with E-state index in [1.807, 2.05) is 17.1 Å². The maximum absolute atomic E-state index is 4.52. The molecular formula is C13H19N5. The normalized spacial score (nSPS) is 19.8. The van der Waals surface area contributed by atoms with Crippen LogP contribution in [0.5, 0.6) is 0 Å². The zero-order chi connectivity index (χ0) is 12.5. The third kappa shape index (κ3) is 2.06. The molecule has 1 aliphatic heterocycles. The number of rotatable bonds is 3. The number of pyridine rings is 1. The fourth-order valence-corrected chi connectivity index (χ4v) is 2.41. The lowest BCUT2D eigenvalue weighted by molar-refractivity contribution is 0.546. The van der Waals surface area contributed by atoms with Crippen molar-refractivity contribution in [3.05, 3.63) is 18.5 Å². The van der Waals surface area contributed by atoms with Gasteiger partial charge >= 0.3 is 0 Å². The van der Waals surface area contributed by atoms with Crippen LogP contribution in [0.3, 0.4) is 0 Å². The van der Waals surface area contributed by atoms with Crippen LogP contribution in [0, 0.1) is 0 Å². The molecule has 5 heteroatoms.